The number of aryl methyl sites for hydroxylation is 1. The lowest BCUT2D eigenvalue weighted by atomic mass is 10.1. The monoisotopic (exact) mass is 271 g/mol. The Kier molecular flexibility index (Phi) is 4.61. The SMILES string of the molecule is Cc1ccc(OC(CN)C(C)C)c(Br)c1. The van der Waals surface area contributed by atoms with Crippen molar-refractivity contribution in [3.8, 4) is 5.75 Å². The highest BCUT2D eigenvalue weighted by Gasteiger charge is 2.14. The molecule has 1 aromatic rings. The third-order valence-electron chi connectivity index (χ3n) is 2.34. The molecular formula is C12H18BrNO. The minimum Gasteiger partial charge on any atom is -0.488 e. The van der Waals surface area contributed by atoms with E-state index >= 15 is 0 Å². The van der Waals surface area contributed by atoms with Gasteiger partial charge in [0.15, 0.2) is 0 Å². The van der Waals surface area contributed by atoms with Gasteiger partial charge in [0.05, 0.1) is 4.47 Å². The minimum atomic E-state index is 0.0732. The van der Waals surface area contributed by atoms with Crippen molar-refractivity contribution in [2.45, 2.75) is 26.9 Å². The van der Waals surface area contributed by atoms with Gasteiger partial charge in [-0.3, -0.25) is 0 Å². The standard InChI is InChI=1S/C12H18BrNO/c1-8(2)12(7-14)15-11-5-4-9(3)6-10(11)13/h4-6,8,12H,7,14H2,1-3H3. The van der Waals surface area contributed by atoms with Crippen LogP contribution in [0.1, 0.15) is 19.4 Å². The third kappa shape index (κ3) is 3.50. The Balaban J connectivity index is 2.79. The number of ether oxygens (including phenoxy) is 1. The van der Waals surface area contributed by atoms with Gasteiger partial charge in [0.25, 0.3) is 0 Å². The molecule has 0 heterocycles. The Bertz CT molecular complexity index is 325. The van der Waals surface area contributed by atoms with Crippen LogP contribution in [0.5, 0.6) is 5.75 Å². The molecule has 0 aliphatic rings. The summed E-state index contributed by atoms with van der Waals surface area (Å²) in [4.78, 5) is 0. The van der Waals surface area contributed by atoms with Crippen molar-refractivity contribution in [3.63, 3.8) is 0 Å². The lowest BCUT2D eigenvalue weighted by Gasteiger charge is -2.21. The first-order valence-electron chi connectivity index (χ1n) is 5.17. The Morgan fingerprint density at radius 3 is 2.53 bits per heavy atom. The first-order valence-corrected chi connectivity index (χ1v) is 5.96. The van der Waals surface area contributed by atoms with Crippen molar-refractivity contribution in [1.29, 1.82) is 0 Å². The van der Waals surface area contributed by atoms with Crippen LogP contribution in [0, 0.1) is 12.8 Å². The van der Waals surface area contributed by atoms with E-state index in [2.05, 4.69) is 36.7 Å². The predicted octanol–water partition coefficient (Wildman–Crippen LogP) is 3.12. The molecule has 0 spiro atoms. The van der Waals surface area contributed by atoms with Crippen LogP contribution in [0.3, 0.4) is 0 Å². The molecule has 0 saturated carbocycles. The quantitative estimate of drug-likeness (QED) is 0.914. The van der Waals surface area contributed by atoms with E-state index in [0.717, 1.165) is 10.2 Å². The van der Waals surface area contributed by atoms with Crippen molar-refractivity contribution in [1.82, 2.24) is 0 Å². The Morgan fingerprint density at radius 2 is 2.07 bits per heavy atom. The molecule has 1 atom stereocenters. The Morgan fingerprint density at radius 1 is 1.40 bits per heavy atom. The lowest BCUT2D eigenvalue weighted by molar-refractivity contribution is 0.158. The van der Waals surface area contributed by atoms with Crippen LogP contribution in [-0.2, 0) is 0 Å². The number of hydrogen-bond donors (Lipinski definition) is 1. The van der Waals surface area contributed by atoms with Gasteiger partial charge in [-0.15, -0.1) is 0 Å². The van der Waals surface area contributed by atoms with Crippen molar-refractivity contribution in [3.05, 3.63) is 28.2 Å². The molecule has 0 bridgehead atoms. The topological polar surface area (TPSA) is 35.2 Å². The summed E-state index contributed by atoms with van der Waals surface area (Å²) in [5.41, 5.74) is 6.87. The van der Waals surface area contributed by atoms with Crippen LogP contribution in [0.25, 0.3) is 0 Å². The summed E-state index contributed by atoms with van der Waals surface area (Å²) in [5.74, 6) is 1.29. The van der Waals surface area contributed by atoms with Crippen molar-refractivity contribution in [2.24, 2.45) is 11.7 Å². The summed E-state index contributed by atoms with van der Waals surface area (Å²) in [6.07, 6.45) is 0.0732. The lowest BCUT2D eigenvalue weighted by Crippen LogP contribution is -2.31. The van der Waals surface area contributed by atoms with E-state index in [1.807, 2.05) is 18.2 Å². The van der Waals surface area contributed by atoms with Crippen LogP contribution in [0.4, 0.5) is 0 Å². The average molecular weight is 272 g/mol. The highest BCUT2D eigenvalue weighted by Crippen LogP contribution is 2.27. The maximum atomic E-state index is 5.84. The molecule has 0 aliphatic carbocycles. The van der Waals surface area contributed by atoms with Crippen molar-refractivity contribution in [2.75, 3.05) is 6.54 Å². The van der Waals surface area contributed by atoms with Gasteiger partial charge in [-0.1, -0.05) is 19.9 Å². The summed E-state index contributed by atoms with van der Waals surface area (Å²) in [7, 11) is 0. The van der Waals surface area contributed by atoms with Crippen LogP contribution in [-0.4, -0.2) is 12.6 Å². The molecule has 2 N–H and O–H groups in total. The predicted molar refractivity (Wildman–Crippen MR) is 67.2 cm³/mol. The Hall–Kier alpha value is -0.540. The summed E-state index contributed by atoms with van der Waals surface area (Å²) < 4.78 is 6.83. The molecule has 84 valence electrons. The molecule has 0 radical (unpaired) electrons. The van der Waals surface area contributed by atoms with Gasteiger partial charge < -0.3 is 10.5 Å². The number of hydrogen-bond acceptors (Lipinski definition) is 2. The number of nitrogens with two attached hydrogens (primary N) is 1. The molecule has 1 aromatic carbocycles. The third-order valence-corrected chi connectivity index (χ3v) is 2.96. The van der Waals surface area contributed by atoms with E-state index in [9.17, 15) is 0 Å². The van der Waals surface area contributed by atoms with E-state index in [0.29, 0.717) is 12.5 Å². The molecule has 3 heteroatoms. The molecule has 2 nitrogen and oxygen atoms in total. The van der Waals surface area contributed by atoms with Gasteiger partial charge in [0.1, 0.15) is 11.9 Å². The van der Waals surface area contributed by atoms with Crippen LogP contribution in [0.15, 0.2) is 22.7 Å². The van der Waals surface area contributed by atoms with E-state index < -0.39 is 0 Å². The van der Waals surface area contributed by atoms with E-state index in [-0.39, 0.29) is 6.10 Å². The molecule has 1 unspecified atom stereocenters. The van der Waals surface area contributed by atoms with Crippen LogP contribution < -0.4 is 10.5 Å². The number of benzene rings is 1. The summed E-state index contributed by atoms with van der Waals surface area (Å²) in [5, 5.41) is 0. The number of rotatable bonds is 4. The van der Waals surface area contributed by atoms with Crippen molar-refractivity contribution < 1.29 is 4.74 Å². The van der Waals surface area contributed by atoms with Gasteiger partial charge in [0, 0.05) is 6.54 Å². The Labute approximate surface area is 99.9 Å². The normalized spacial score (nSPS) is 12.9. The zero-order valence-electron chi connectivity index (χ0n) is 9.46. The van der Waals surface area contributed by atoms with E-state index in [4.69, 9.17) is 10.5 Å². The first kappa shape index (κ1) is 12.5. The fraction of sp³-hybridized carbons (Fsp3) is 0.500. The fourth-order valence-corrected chi connectivity index (χ4v) is 1.91. The summed E-state index contributed by atoms with van der Waals surface area (Å²) in [6.45, 7) is 6.81. The summed E-state index contributed by atoms with van der Waals surface area (Å²) in [6, 6.07) is 6.06. The van der Waals surface area contributed by atoms with Crippen LogP contribution >= 0.6 is 15.9 Å². The number of halogens is 1. The molecule has 0 fully saturated rings. The fourth-order valence-electron chi connectivity index (χ4n) is 1.32. The second-order valence-electron chi connectivity index (χ2n) is 4.07. The van der Waals surface area contributed by atoms with Gasteiger partial charge >= 0.3 is 0 Å². The maximum Gasteiger partial charge on any atom is 0.133 e. The average Bonchev–Trinajstić information content (AvgIpc) is 2.16. The van der Waals surface area contributed by atoms with Gasteiger partial charge in [-0.25, -0.2) is 0 Å². The molecule has 0 saturated heterocycles. The highest BCUT2D eigenvalue weighted by atomic mass is 79.9. The van der Waals surface area contributed by atoms with Crippen molar-refractivity contribution >= 4 is 15.9 Å². The minimum absolute atomic E-state index is 0.0732. The zero-order chi connectivity index (χ0) is 11.4. The highest BCUT2D eigenvalue weighted by molar-refractivity contribution is 9.10. The zero-order valence-corrected chi connectivity index (χ0v) is 11.0. The smallest absolute Gasteiger partial charge is 0.133 e. The molecule has 15 heavy (non-hydrogen) atoms. The second kappa shape index (κ2) is 5.52. The van der Waals surface area contributed by atoms with Gasteiger partial charge in [-0.05, 0) is 46.5 Å². The maximum absolute atomic E-state index is 5.84. The van der Waals surface area contributed by atoms with Crippen LogP contribution in [0.2, 0.25) is 0 Å². The molecule has 0 amide bonds. The largest absolute Gasteiger partial charge is 0.488 e. The molecule has 0 aliphatic heterocycles. The van der Waals surface area contributed by atoms with Gasteiger partial charge in [-0.2, -0.15) is 0 Å². The van der Waals surface area contributed by atoms with E-state index in [1.165, 1.54) is 5.56 Å². The molecular weight excluding hydrogens is 254 g/mol. The first-order chi connectivity index (χ1) is 7.04. The molecule has 0 aromatic heterocycles. The second-order valence-corrected chi connectivity index (χ2v) is 4.92. The summed E-state index contributed by atoms with van der Waals surface area (Å²) >= 11 is 3.49. The molecule has 1 rings (SSSR count). The van der Waals surface area contributed by atoms with Gasteiger partial charge in [0.2, 0.25) is 0 Å². The van der Waals surface area contributed by atoms with E-state index in [1.54, 1.807) is 0 Å².